The first-order valence-electron chi connectivity index (χ1n) is 4.39. The monoisotopic (exact) mass is 208 g/mol. The molecule has 0 aliphatic carbocycles. The second kappa shape index (κ2) is 4.08. The van der Waals surface area contributed by atoms with Gasteiger partial charge in [0, 0.05) is 12.4 Å². The van der Waals surface area contributed by atoms with Crippen LogP contribution < -0.4 is 5.73 Å². The minimum absolute atomic E-state index is 0.0471. The van der Waals surface area contributed by atoms with Crippen LogP contribution in [0.1, 0.15) is 12.5 Å². The van der Waals surface area contributed by atoms with E-state index in [4.69, 9.17) is 10.8 Å². The van der Waals surface area contributed by atoms with Crippen molar-refractivity contribution in [2.75, 3.05) is 0 Å². The van der Waals surface area contributed by atoms with E-state index in [-0.39, 0.29) is 6.42 Å². The lowest BCUT2D eigenvalue weighted by molar-refractivity contribution is -0.153. The van der Waals surface area contributed by atoms with Gasteiger partial charge in [0.05, 0.1) is 0 Å². The quantitative estimate of drug-likeness (QED) is 0.691. The number of carboxylic acid groups (broad SMARTS) is 1. The fourth-order valence-corrected chi connectivity index (χ4v) is 1.18. The topological polar surface area (TPSA) is 93.3 Å². The number of hydrogen-bond donors (Lipinski definition) is 2. The van der Waals surface area contributed by atoms with E-state index in [9.17, 15) is 9.59 Å². The lowest BCUT2D eigenvalue weighted by Crippen LogP contribution is -2.43. The van der Waals surface area contributed by atoms with E-state index in [0.29, 0.717) is 5.56 Å². The van der Waals surface area contributed by atoms with Gasteiger partial charge in [-0.25, -0.2) is 0 Å². The van der Waals surface area contributed by atoms with Gasteiger partial charge in [0.2, 0.25) is 5.91 Å². The van der Waals surface area contributed by atoms with Crippen LogP contribution in [0.4, 0.5) is 0 Å². The summed E-state index contributed by atoms with van der Waals surface area (Å²) in [5.74, 6) is -2.07. The molecule has 1 amide bonds. The van der Waals surface area contributed by atoms with Gasteiger partial charge in [-0.1, -0.05) is 6.07 Å². The summed E-state index contributed by atoms with van der Waals surface area (Å²) in [4.78, 5) is 25.9. The predicted molar refractivity (Wildman–Crippen MR) is 52.9 cm³/mol. The Kier molecular flexibility index (Phi) is 3.04. The van der Waals surface area contributed by atoms with Crippen molar-refractivity contribution in [3.63, 3.8) is 0 Å². The third-order valence-corrected chi connectivity index (χ3v) is 2.30. The van der Waals surface area contributed by atoms with Crippen molar-refractivity contribution in [1.82, 2.24) is 4.98 Å². The van der Waals surface area contributed by atoms with Crippen molar-refractivity contribution in [2.45, 2.75) is 13.3 Å². The normalized spacial score (nSPS) is 14.2. The SMILES string of the molecule is CC(Cc1cccnc1)(C(N)=O)C(=O)O. The summed E-state index contributed by atoms with van der Waals surface area (Å²) >= 11 is 0. The van der Waals surface area contributed by atoms with Gasteiger partial charge < -0.3 is 10.8 Å². The van der Waals surface area contributed by atoms with E-state index in [0.717, 1.165) is 0 Å². The highest BCUT2D eigenvalue weighted by molar-refractivity contribution is 6.00. The zero-order chi connectivity index (χ0) is 11.5. The zero-order valence-corrected chi connectivity index (χ0v) is 8.30. The zero-order valence-electron chi connectivity index (χ0n) is 8.30. The van der Waals surface area contributed by atoms with Gasteiger partial charge in [0.1, 0.15) is 5.41 Å². The molecule has 1 heterocycles. The van der Waals surface area contributed by atoms with Crippen molar-refractivity contribution < 1.29 is 14.7 Å². The Morgan fingerprint density at radius 1 is 1.60 bits per heavy atom. The van der Waals surface area contributed by atoms with Gasteiger partial charge in [-0.2, -0.15) is 0 Å². The van der Waals surface area contributed by atoms with Crippen molar-refractivity contribution in [3.8, 4) is 0 Å². The largest absolute Gasteiger partial charge is 0.480 e. The highest BCUT2D eigenvalue weighted by atomic mass is 16.4. The molecule has 0 aliphatic heterocycles. The Bertz CT molecular complexity index is 362. The first-order chi connectivity index (χ1) is 6.97. The third kappa shape index (κ3) is 2.31. The molecule has 0 aromatic carbocycles. The Morgan fingerprint density at radius 2 is 2.27 bits per heavy atom. The van der Waals surface area contributed by atoms with Crippen LogP contribution in [-0.4, -0.2) is 22.0 Å². The maximum atomic E-state index is 11.1. The fraction of sp³-hybridized carbons (Fsp3) is 0.300. The second-order valence-corrected chi connectivity index (χ2v) is 3.54. The first kappa shape index (κ1) is 11.2. The molecule has 0 aliphatic rings. The highest BCUT2D eigenvalue weighted by Gasteiger charge is 2.39. The van der Waals surface area contributed by atoms with Crippen LogP contribution in [0.5, 0.6) is 0 Å². The molecule has 80 valence electrons. The number of primary amides is 1. The molecule has 0 saturated carbocycles. The summed E-state index contributed by atoms with van der Waals surface area (Å²) in [5, 5.41) is 8.94. The summed E-state index contributed by atoms with van der Waals surface area (Å²) in [7, 11) is 0. The minimum atomic E-state index is -1.58. The molecule has 5 heteroatoms. The van der Waals surface area contributed by atoms with E-state index >= 15 is 0 Å². The number of carbonyl (C=O) groups is 2. The van der Waals surface area contributed by atoms with Crippen LogP contribution in [0.25, 0.3) is 0 Å². The van der Waals surface area contributed by atoms with E-state index in [1.165, 1.54) is 13.1 Å². The van der Waals surface area contributed by atoms with Crippen LogP contribution in [0, 0.1) is 5.41 Å². The Balaban J connectivity index is 2.95. The Hall–Kier alpha value is -1.91. The molecule has 1 aromatic heterocycles. The molecule has 1 aromatic rings. The van der Waals surface area contributed by atoms with Crippen LogP contribution in [-0.2, 0) is 16.0 Å². The van der Waals surface area contributed by atoms with E-state index < -0.39 is 17.3 Å². The molecule has 0 bridgehead atoms. The number of nitrogens with zero attached hydrogens (tertiary/aromatic N) is 1. The lowest BCUT2D eigenvalue weighted by Gasteiger charge is -2.20. The molecule has 1 rings (SSSR count). The van der Waals surface area contributed by atoms with Gasteiger partial charge in [-0.3, -0.25) is 14.6 Å². The van der Waals surface area contributed by atoms with Gasteiger partial charge in [0.25, 0.3) is 0 Å². The predicted octanol–water partition coefficient (Wildman–Crippen LogP) is 0.200. The summed E-state index contributed by atoms with van der Waals surface area (Å²) in [6.45, 7) is 1.31. The number of rotatable bonds is 4. The first-order valence-corrected chi connectivity index (χ1v) is 4.39. The molecular formula is C10H12N2O3. The maximum Gasteiger partial charge on any atom is 0.319 e. The smallest absolute Gasteiger partial charge is 0.319 e. The van der Waals surface area contributed by atoms with Gasteiger partial charge in [-0.05, 0) is 25.0 Å². The number of nitrogens with two attached hydrogens (primary N) is 1. The highest BCUT2D eigenvalue weighted by Crippen LogP contribution is 2.22. The molecular weight excluding hydrogens is 196 g/mol. The molecule has 0 fully saturated rings. The van der Waals surface area contributed by atoms with E-state index in [1.54, 1.807) is 18.3 Å². The Labute approximate surface area is 86.9 Å². The molecule has 0 spiro atoms. The van der Waals surface area contributed by atoms with E-state index in [2.05, 4.69) is 4.98 Å². The molecule has 3 N–H and O–H groups in total. The van der Waals surface area contributed by atoms with E-state index in [1.807, 2.05) is 0 Å². The van der Waals surface area contributed by atoms with Crippen molar-refractivity contribution in [3.05, 3.63) is 30.1 Å². The fourth-order valence-electron chi connectivity index (χ4n) is 1.18. The number of carbonyl (C=O) groups excluding carboxylic acids is 1. The lowest BCUT2D eigenvalue weighted by atomic mass is 9.83. The third-order valence-electron chi connectivity index (χ3n) is 2.30. The minimum Gasteiger partial charge on any atom is -0.480 e. The van der Waals surface area contributed by atoms with Crippen LogP contribution >= 0.6 is 0 Å². The molecule has 5 nitrogen and oxygen atoms in total. The maximum absolute atomic E-state index is 11.1. The molecule has 0 radical (unpaired) electrons. The van der Waals surface area contributed by atoms with Crippen molar-refractivity contribution in [1.29, 1.82) is 0 Å². The summed E-state index contributed by atoms with van der Waals surface area (Å²) < 4.78 is 0. The molecule has 1 unspecified atom stereocenters. The van der Waals surface area contributed by atoms with Crippen molar-refractivity contribution in [2.24, 2.45) is 11.1 Å². The number of pyridine rings is 1. The van der Waals surface area contributed by atoms with Crippen molar-refractivity contribution >= 4 is 11.9 Å². The Morgan fingerprint density at radius 3 is 2.67 bits per heavy atom. The number of amides is 1. The van der Waals surface area contributed by atoms with Crippen LogP contribution in [0.15, 0.2) is 24.5 Å². The van der Waals surface area contributed by atoms with Gasteiger partial charge >= 0.3 is 5.97 Å². The van der Waals surface area contributed by atoms with Crippen LogP contribution in [0.3, 0.4) is 0 Å². The second-order valence-electron chi connectivity index (χ2n) is 3.54. The number of aliphatic carboxylic acids is 1. The van der Waals surface area contributed by atoms with Gasteiger partial charge in [0.15, 0.2) is 0 Å². The molecule has 0 saturated heterocycles. The summed E-state index contributed by atoms with van der Waals surface area (Å²) in [6, 6.07) is 3.38. The number of carboxylic acids is 1. The van der Waals surface area contributed by atoms with Gasteiger partial charge in [-0.15, -0.1) is 0 Å². The van der Waals surface area contributed by atoms with Crippen LogP contribution in [0.2, 0.25) is 0 Å². The molecule has 1 atom stereocenters. The average Bonchev–Trinajstić information content (AvgIpc) is 2.18. The average molecular weight is 208 g/mol. The number of hydrogen-bond acceptors (Lipinski definition) is 3. The standard InChI is InChI=1S/C10H12N2O3/c1-10(8(11)13,9(14)15)5-7-3-2-4-12-6-7/h2-4,6H,5H2,1H3,(H2,11,13)(H,14,15). The molecule has 15 heavy (non-hydrogen) atoms. The summed E-state index contributed by atoms with van der Waals surface area (Å²) in [5.41, 5.74) is 4.17. The number of aromatic nitrogens is 1. The summed E-state index contributed by atoms with van der Waals surface area (Å²) in [6.07, 6.45) is 3.14.